The number of piperidine rings is 1. The van der Waals surface area contributed by atoms with Gasteiger partial charge in [0.1, 0.15) is 13.2 Å². The second-order valence-corrected chi connectivity index (χ2v) is 5.66. The number of rotatable bonds is 5. The Bertz CT molecular complexity index is 552. The van der Waals surface area contributed by atoms with E-state index in [1.807, 2.05) is 13.0 Å². The monoisotopic (exact) mass is 321 g/mol. The standard InChI is InChI=1S/C16H23N3O4/c1-2-21-16(20)12-9-17-4-3-13(12)19-8-11-7-14-15(10-18-11)23-6-5-22-14/h7,10,12-13,17,19H,2-6,8-9H2,1H3/t12-,13+/m0/s1. The van der Waals surface area contributed by atoms with Crippen molar-refractivity contribution in [2.45, 2.75) is 25.9 Å². The Hall–Kier alpha value is -1.86. The fourth-order valence-corrected chi connectivity index (χ4v) is 2.92. The van der Waals surface area contributed by atoms with Crippen LogP contribution in [0.2, 0.25) is 0 Å². The van der Waals surface area contributed by atoms with Gasteiger partial charge >= 0.3 is 5.97 Å². The molecule has 0 aliphatic carbocycles. The molecule has 7 nitrogen and oxygen atoms in total. The lowest BCUT2D eigenvalue weighted by Crippen LogP contribution is -2.51. The normalized spacial score (nSPS) is 23.3. The lowest BCUT2D eigenvalue weighted by atomic mass is 9.93. The maximum atomic E-state index is 12.1. The Morgan fingerprint density at radius 1 is 1.43 bits per heavy atom. The van der Waals surface area contributed by atoms with Crippen molar-refractivity contribution in [3.8, 4) is 11.5 Å². The molecule has 0 saturated carbocycles. The highest BCUT2D eigenvalue weighted by Gasteiger charge is 2.31. The van der Waals surface area contributed by atoms with E-state index in [1.165, 1.54) is 0 Å². The van der Waals surface area contributed by atoms with Gasteiger partial charge in [-0.1, -0.05) is 0 Å². The molecule has 0 unspecified atom stereocenters. The van der Waals surface area contributed by atoms with Gasteiger partial charge in [0.25, 0.3) is 0 Å². The van der Waals surface area contributed by atoms with Crippen molar-refractivity contribution in [3.63, 3.8) is 0 Å². The summed E-state index contributed by atoms with van der Waals surface area (Å²) >= 11 is 0. The zero-order valence-corrected chi connectivity index (χ0v) is 13.3. The molecule has 126 valence electrons. The summed E-state index contributed by atoms with van der Waals surface area (Å²) in [6.45, 7) is 5.47. The lowest BCUT2D eigenvalue weighted by Gasteiger charge is -2.31. The van der Waals surface area contributed by atoms with Gasteiger partial charge in [-0.25, -0.2) is 0 Å². The van der Waals surface area contributed by atoms with Gasteiger partial charge in [0.15, 0.2) is 11.5 Å². The van der Waals surface area contributed by atoms with Gasteiger partial charge in [0, 0.05) is 25.2 Å². The number of nitrogens with one attached hydrogen (secondary N) is 2. The van der Waals surface area contributed by atoms with Crippen LogP contribution in [-0.4, -0.2) is 49.9 Å². The Morgan fingerprint density at radius 3 is 3.09 bits per heavy atom. The molecule has 0 spiro atoms. The molecule has 2 N–H and O–H groups in total. The van der Waals surface area contributed by atoms with E-state index < -0.39 is 0 Å². The second kappa shape index (κ2) is 7.61. The molecular weight excluding hydrogens is 298 g/mol. The molecule has 1 aromatic heterocycles. The number of carbonyl (C=O) groups excluding carboxylic acids is 1. The van der Waals surface area contributed by atoms with E-state index in [-0.39, 0.29) is 17.9 Å². The molecule has 23 heavy (non-hydrogen) atoms. The van der Waals surface area contributed by atoms with Gasteiger partial charge in [0.05, 0.1) is 24.4 Å². The molecule has 1 aromatic rings. The van der Waals surface area contributed by atoms with E-state index in [9.17, 15) is 4.79 Å². The number of fused-ring (bicyclic) bond motifs is 1. The summed E-state index contributed by atoms with van der Waals surface area (Å²) in [7, 11) is 0. The number of aromatic nitrogens is 1. The molecule has 3 rings (SSSR count). The van der Waals surface area contributed by atoms with E-state index in [2.05, 4.69) is 15.6 Å². The number of esters is 1. The first kappa shape index (κ1) is 16.0. The molecule has 0 bridgehead atoms. The van der Waals surface area contributed by atoms with Gasteiger partial charge < -0.3 is 24.8 Å². The maximum Gasteiger partial charge on any atom is 0.311 e. The predicted octanol–water partition coefficient (Wildman–Crippen LogP) is 0.484. The quantitative estimate of drug-likeness (QED) is 0.764. The van der Waals surface area contributed by atoms with Crippen molar-refractivity contribution in [2.24, 2.45) is 5.92 Å². The van der Waals surface area contributed by atoms with Gasteiger partial charge in [-0.3, -0.25) is 9.78 Å². The Morgan fingerprint density at radius 2 is 2.26 bits per heavy atom. The van der Waals surface area contributed by atoms with E-state index >= 15 is 0 Å². The van der Waals surface area contributed by atoms with E-state index in [4.69, 9.17) is 14.2 Å². The van der Waals surface area contributed by atoms with Crippen LogP contribution in [0.5, 0.6) is 11.5 Å². The third-order valence-corrected chi connectivity index (χ3v) is 4.10. The molecule has 3 heterocycles. The minimum atomic E-state index is -0.166. The SMILES string of the molecule is CCOC(=O)[C@H]1CNCC[C@H]1NCc1cc2c(cn1)OCCO2. The second-order valence-electron chi connectivity index (χ2n) is 5.66. The molecule has 0 radical (unpaired) electrons. The van der Waals surface area contributed by atoms with Crippen molar-refractivity contribution in [1.82, 2.24) is 15.6 Å². The van der Waals surface area contributed by atoms with Crippen molar-refractivity contribution >= 4 is 5.97 Å². The molecule has 0 amide bonds. The zero-order valence-electron chi connectivity index (χ0n) is 13.3. The third-order valence-electron chi connectivity index (χ3n) is 4.10. The van der Waals surface area contributed by atoms with Gasteiger partial charge in [-0.15, -0.1) is 0 Å². The van der Waals surface area contributed by atoms with E-state index in [0.717, 1.165) is 24.4 Å². The van der Waals surface area contributed by atoms with Gasteiger partial charge in [0.2, 0.25) is 0 Å². The van der Waals surface area contributed by atoms with Crippen molar-refractivity contribution in [2.75, 3.05) is 32.9 Å². The molecular formula is C16H23N3O4. The minimum absolute atomic E-state index is 0.0882. The van der Waals surface area contributed by atoms with Gasteiger partial charge in [-0.05, 0) is 19.9 Å². The zero-order chi connectivity index (χ0) is 16.1. The first-order valence-electron chi connectivity index (χ1n) is 8.13. The van der Waals surface area contributed by atoms with Crippen LogP contribution >= 0.6 is 0 Å². The van der Waals surface area contributed by atoms with Crippen LogP contribution in [0.25, 0.3) is 0 Å². The Labute approximate surface area is 135 Å². The van der Waals surface area contributed by atoms with Crippen LogP contribution in [0.3, 0.4) is 0 Å². The summed E-state index contributed by atoms with van der Waals surface area (Å²) < 4.78 is 16.2. The van der Waals surface area contributed by atoms with E-state index in [0.29, 0.717) is 38.7 Å². The lowest BCUT2D eigenvalue weighted by molar-refractivity contribution is -0.149. The maximum absolute atomic E-state index is 12.1. The summed E-state index contributed by atoms with van der Waals surface area (Å²) in [4.78, 5) is 16.4. The highest BCUT2D eigenvalue weighted by atomic mass is 16.6. The fraction of sp³-hybridized carbons (Fsp3) is 0.625. The third kappa shape index (κ3) is 3.92. The van der Waals surface area contributed by atoms with Crippen molar-refractivity contribution in [3.05, 3.63) is 18.0 Å². The van der Waals surface area contributed by atoms with Crippen LogP contribution in [0, 0.1) is 5.92 Å². The number of carbonyl (C=O) groups is 1. The summed E-state index contributed by atoms with van der Waals surface area (Å²) in [5.41, 5.74) is 0.871. The molecule has 0 aromatic carbocycles. The average molecular weight is 321 g/mol. The number of hydrogen-bond acceptors (Lipinski definition) is 7. The fourth-order valence-electron chi connectivity index (χ4n) is 2.92. The van der Waals surface area contributed by atoms with Crippen molar-refractivity contribution in [1.29, 1.82) is 0 Å². The smallest absolute Gasteiger partial charge is 0.311 e. The van der Waals surface area contributed by atoms with Crippen LogP contribution in [0.15, 0.2) is 12.3 Å². The predicted molar refractivity (Wildman–Crippen MR) is 83.5 cm³/mol. The Balaban J connectivity index is 1.60. The Kier molecular flexibility index (Phi) is 5.30. The highest BCUT2D eigenvalue weighted by Crippen LogP contribution is 2.29. The molecule has 1 fully saturated rings. The molecule has 2 aliphatic heterocycles. The molecule has 7 heteroatoms. The average Bonchev–Trinajstić information content (AvgIpc) is 2.60. The van der Waals surface area contributed by atoms with Crippen LogP contribution in [0.1, 0.15) is 19.0 Å². The topological polar surface area (TPSA) is 81.7 Å². The first-order chi connectivity index (χ1) is 11.3. The number of ether oxygens (including phenoxy) is 3. The minimum Gasteiger partial charge on any atom is -0.486 e. The first-order valence-corrected chi connectivity index (χ1v) is 8.13. The van der Waals surface area contributed by atoms with E-state index in [1.54, 1.807) is 6.20 Å². The summed E-state index contributed by atoms with van der Waals surface area (Å²) in [6.07, 6.45) is 2.57. The number of nitrogens with zero attached hydrogens (tertiary/aromatic N) is 1. The van der Waals surface area contributed by atoms with Crippen LogP contribution in [-0.2, 0) is 16.1 Å². The molecule has 1 saturated heterocycles. The summed E-state index contributed by atoms with van der Waals surface area (Å²) in [5, 5.41) is 6.68. The highest BCUT2D eigenvalue weighted by molar-refractivity contribution is 5.73. The summed E-state index contributed by atoms with van der Waals surface area (Å²) in [6, 6.07) is 1.98. The van der Waals surface area contributed by atoms with Crippen molar-refractivity contribution < 1.29 is 19.0 Å². The molecule has 2 atom stereocenters. The van der Waals surface area contributed by atoms with Crippen LogP contribution < -0.4 is 20.1 Å². The van der Waals surface area contributed by atoms with Gasteiger partial charge in [-0.2, -0.15) is 0 Å². The summed E-state index contributed by atoms with van der Waals surface area (Å²) in [5.74, 6) is 1.11. The molecule has 2 aliphatic rings. The van der Waals surface area contributed by atoms with Crippen LogP contribution in [0.4, 0.5) is 0 Å². The number of pyridine rings is 1. The number of hydrogen-bond donors (Lipinski definition) is 2. The largest absolute Gasteiger partial charge is 0.486 e.